The average Bonchev–Trinajstić information content (AvgIpc) is 3.51. The molecular weight excluding hydrogens is 425 g/mol. The van der Waals surface area contributed by atoms with Crippen molar-refractivity contribution in [1.82, 2.24) is 4.90 Å². The number of carbonyl (C=O) groups excluding carboxylic acids is 1. The monoisotopic (exact) mass is 451 g/mol. The summed E-state index contributed by atoms with van der Waals surface area (Å²) < 4.78 is 24.8. The van der Waals surface area contributed by atoms with Gasteiger partial charge in [0.1, 0.15) is 18.2 Å². The number of amides is 1. The van der Waals surface area contributed by atoms with E-state index in [-0.39, 0.29) is 17.8 Å². The Balaban J connectivity index is 1.38. The lowest BCUT2D eigenvalue weighted by Gasteiger charge is -2.24. The first kappa shape index (κ1) is 22.2. The molecule has 1 atom stereocenters. The summed E-state index contributed by atoms with van der Waals surface area (Å²) in [6.45, 7) is 2.13. The lowest BCUT2D eigenvalue weighted by molar-refractivity contribution is -0.128. The normalized spacial score (nSPS) is 15.8. The average molecular weight is 452 g/mol. The summed E-state index contributed by atoms with van der Waals surface area (Å²) in [5.41, 5.74) is 1.79. The maximum Gasteiger partial charge on any atom is 0.246 e. The van der Waals surface area contributed by atoms with E-state index in [0.717, 1.165) is 35.5 Å². The van der Waals surface area contributed by atoms with E-state index in [0.29, 0.717) is 25.4 Å². The number of carbonyl (C=O) groups is 1. The van der Waals surface area contributed by atoms with Crippen molar-refractivity contribution in [1.29, 1.82) is 0 Å². The van der Waals surface area contributed by atoms with Gasteiger partial charge in [-0.3, -0.25) is 4.79 Å². The summed E-state index contributed by atoms with van der Waals surface area (Å²) in [4.78, 5) is 15.8. The Bertz CT molecular complexity index is 1030. The Morgan fingerprint density at radius 3 is 2.75 bits per heavy atom. The summed E-state index contributed by atoms with van der Waals surface area (Å²) >= 11 is 1.60. The first-order chi connectivity index (χ1) is 15.7. The highest BCUT2D eigenvalue weighted by atomic mass is 32.1. The lowest BCUT2D eigenvalue weighted by Crippen LogP contribution is -2.35. The zero-order chi connectivity index (χ0) is 22.2. The standard InChI is InChI=1S/C26H26FNO3S/c27-22-5-1-4-21(16-22)19-31-23-10-8-20(9-11-23)17-28(18-24-6-2-14-30-24)26(29)13-12-25-7-3-15-32-25/h1,3-5,7-13,15-16,24H,2,6,14,17-19H2/b13-12+. The van der Waals surface area contributed by atoms with Crippen molar-refractivity contribution >= 4 is 23.3 Å². The molecule has 1 saturated heterocycles. The molecule has 2 heterocycles. The smallest absolute Gasteiger partial charge is 0.246 e. The first-order valence-electron chi connectivity index (χ1n) is 10.7. The molecule has 32 heavy (non-hydrogen) atoms. The molecule has 4 rings (SSSR count). The van der Waals surface area contributed by atoms with Gasteiger partial charge in [0.25, 0.3) is 0 Å². The van der Waals surface area contributed by atoms with E-state index in [9.17, 15) is 9.18 Å². The highest BCUT2D eigenvalue weighted by Gasteiger charge is 2.21. The van der Waals surface area contributed by atoms with Gasteiger partial charge in [-0.05, 0) is 65.8 Å². The highest BCUT2D eigenvalue weighted by Crippen LogP contribution is 2.19. The van der Waals surface area contributed by atoms with Gasteiger partial charge in [-0.1, -0.05) is 30.3 Å². The van der Waals surface area contributed by atoms with Crippen molar-refractivity contribution in [3.63, 3.8) is 0 Å². The summed E-state index contributed by atoms with van der Waals surface area (Å²) in [7, 11) is 0. The minimum Gasteiger partial charge on any atom is -0.489 e. The zero-order valence-electron chi connectivity index (χ0n) is 17.8. The fraction of sp³-hybridized carbons (Fsp3) is 0.269. The third-order valence-corrected chi connectivity index (χ3v) is 6.12. The molecule has 1 aliphatic heterocycles. The summed E-state index contributed by atoms with van der Waals surface area (Å²) in [6, 6.07) is 18.0. The van der Waals surface area contributed by atoms with Crippen molar-refractivity contribution < 1.29 is 18.7 Å². The molecule has 4 nitrogen and oxygen atoms in total. The van der Waals surface area contributed by atoms with Crippen LogP contribution in [0.1, 0.15) is 28.8 Å². The van der Waals surface area contributed by atoms with Crippen LogP contribution in [0, 0.1) is 5.82 Å². The second-order valence-electron chi connectivity index (χ2n) is 7.77. The van der Waals surface area contributed by atoms with Crippen LogP contribution in [-0.2, 0) is 22.7 Å². The van der Waals surface area contributed by atoms with E-state index < -0.39 is 0 Å². The van der Waals surface area contributed by atoms with E-state index in [4.69, 9.17) is 9.47 Å². The van der Waals surface area contributed by atoms with E-state index in [2.05, 4.69) is 0 Å². The predicted molar refractivity (Wildman–Crippen MR) is 125 cm³/mol. The van der Waals surface area contributed by atoms with Gasteiger partial charge in [0, 0.05) is 30.6 Å². The Labute approximate surface area is 191 Å². The van der Waals surface area contributed by atoms with Crippen LogP contribution in [0.4, 0.5) is 4.39 Å². The molecule has 0 saturated carbocycles. The topological polar surface area (TPSA) is 38.8 Å². The molecule has 0 spiro atoms. The third kappa shape index (κ3) is 6.52. The number of benzene rings is 2. The molecular formula is C26H26FNO3S. The van der Waals surface area contributed by atoms with Crippen molar-refractivity contribution in [2.75, 3.05) is 13.2 Å². The van der Waals surface area contributed by atoms with Crippen molar-refractivity contribution in [3.05, 3.63) is 93.9 Å². The van der Waals surface area contributed by atoms with Gasteiger partial charge in [0.05, 0.1) is 6.10 Å². The number of halogens is 1. The number of thiophene rings is 1. The summed E-state index contributed by atoms with van der Waals surface area (Å²) in [5.74, 6) is 0.401. The second kappa shape index (κ2) is 11.1. The van der Waals surface area contributed by atoms with Crippen LogP contribution in [0.3, 0.4) is 0 Å². The van der Waals surface area contributed by atoms with Crippen molar-refractivity contribution in [2.24, 2.45) is 0 Å². The minimum absolute atomic E-state index is 0.0275. The zero-order valence-corrected chi connectivity index (χ0v) is 18.6. The first-order valence-corrected chi connectivity index (χ1v) is 11.6. The van der Waals surface area contributed by atoms with Crippen LogP contribution in [-0.4, -0.2) is 30.1 Å². The Morgan fingerprint density at radius 2 is 2.03 bits per heavy atom. The predicted octanol–water partition coefficient (Wildman–Crippen LogP) is 5.69. The Morgan fingerprint density at radius 1 is 1.16 bits per heavy atom. The molecule has 1 aliphatic rings. The quantitative estimate of drug-likeness (QED) is 0.393. The van der Waals surface area contributed by atoms with E-state index >= 15 is 0 Å². The summed E-state index contributed by atoms with van der Waals surface area (Å²) in [5, 5.41) is 1.99. The minimum atomic E-state index is -0.273. The van der Waals surface area contributed by atoms with Gasteiger partial charge < -0.3 is 14.4 Å². The number of hydrogen-bond acceptors (Lipinski definition) is 4. The van der Waals surface area contributed by atoms with Crippen molar-refractivity contribution in [3.8, 4) is 5.75 Å². The number of ether oxygens (including phenoxy) is 2. The molecule has 0 N–H and O–H groups in total. The highest BCUT2D eigenvalue weighted by molar-refractivity contribution is 7.10. The van der Waals surface area contributed by atoms with Crippen molar-refractivity contribution in [2.45, 2.75) is 32.1 Å². The molecule has 2 aromatic carbocycles. The van der Waals surface area contributed by atoms with Crippen LogP contribution in [0.25, 0.3) is 6.08 Å². The maximum absolute atomic E-state index is 13.3. The molecule has 1 unspecified atom stereocenters. The number of nitrogens with zero attached hydrogens (tertiary/aromatic N) is 1. The van der Waals surface area contributed by atoms with E-state index in [1.807, 2.05) is 58.8 Å². The van der Waals surface area contributed by atoms with Gasteiger partial charge in [0.2, 0.25) is 5.91 Å². The van der Waals surface area contributed by atoms with Crippen LogP contribution >= 0.6 is 11.3 Å². The second-order valence-corrected chi connectivity index (χ2v) is 8.74. The molecule has 166 valence electrons. The maximum atomic E-state index is 13.3. The number of rotatable bonds is 9. The Kier molecular flexibility index (Phi) is 7.69. The molecule has 0 aliphatic carbocycles. The fourth-order valence-electron chi connectivity index (χ4n) is 3.62. The van der Waals surface area contributed by atoms with Crippen LogP contribution in [0.15, 0.2) is 72.1 Å². The SMILES string of the molecule is O=C(/C=C/c1cccs1)N(Cc1ccc(OCc2cccc(F)c2)cc1)CC1CCCO1. The van der Waals surface area contributed by atoms with Gasteiger partial charge in [-0.25, -0.2) is 4.39 Å². The molecule has 0 radical (unpaired) electrons. The lowest BCUT2D eigenvalue weighted by atomic mass is 10.1. The van der Waals surface area contributed by atoms with E-state index in [1.54, 1.807) is 23.5 Å². The fourth-order valence-corrected chi connectivity index (χ4v) is 4.23. The van der Waals surface area contributed by atoms with Gasteiger partial charge in [-0.2, -0.15) is 0 Å². The Hall–Kier alpha value is -2.96. The van der Waals surface area contributed by atoms with Crippen LogP contribution in [0.5, 0.6) is 5.75 Å². The molecule has 0 bridgehead atoms. The van der Waals surface area contributed by atoms with Gasteiger partial charge in [-0.15, -0.1) is 11.3 Å². The van der Waals surface area contributed by atoms with Gasteiger partial charge >= 0.3 is 0 Å². The van der Waals surface area contributed by atoms with Crippen LogP contribution in [0.2, 0.25) is 0 Å². The molecule has 1 fully saturated rings. The third-order valence-electron chi connectivity index (χ3n) is 5.28. The molecule has 6 heteroatoms. The van der Waals surface area contributed by atoms with Gasteiger partial charge in [0.15, 0.2) is 0 Å². The summed E-state index contributed by atoms with van der Waals surface area (Å²) in [6.07, 6.45) is 5.60. The molecule has 1 amide bonds. The largest absolute Gasteiger partial charge is 0.489 e. The number of hydrogen-bond donors (Lipinski definition) is 0. The molecule has 3 aromatic rings. The van der Waals surface area contributed by atoms with Crippen LogP contribution < -0.4 is 4.74 Å². The van der Waals surface area contributed by atoms with E-state index in [1.165, 1.54) is 12.1 Å². The molecule has 1 aromatic heterocycles.